The second kappa shape index (κ2) is 7.01. The highest BCUT2D eigenvalue weighted by molar-refractivity contribution is 9.10. The molecule has 0 spiro atoms. The van der Waals surface area contributed by atoms with Crippen molar-refractivity contribution in [3.63, 3.8) is 0 Å². The topological polar surface area (TPSA) is 46.3 Å². The third-order valence-corrected chi connectivity index (χ3v) is 4.33. The van der Waals surface area contributed by atoms with E-state index < -0.39 is 0 Å². The first-order valence-corrected chi connectivity index (χ1v) is 8.37. The average Bonchev–Trinajstić information content (AvgIpc) is 2.98. The Labute approximate surface area is 149 Å². The second-order valence-corrected chi connectivity index (χ2v) is 6.53. The van der Waals surface area contributed by atoms with Gasteiger partial charge in [-0.3, -0.25) is 4.79 Å². The molecule has 0 atom stereocenters. The number of amides is 1. The summed E-state index contributed by atoms with van der Waals surface area (Å²) in [6, 6.07) is 17.5. The van der Waals surface area contributed by atoms with Crippen LogP contribution >= 0.6 is 15.9 Å². The van der Waals surface area contributed by atoms with Crippen LogP contribution in [-0.2, 0) is 6.54 Å². The molecule has 0 saturated carbocycles. The van der Waals surface area contributed by atoms with Crippen molar-refractivity contribution in [3.05, 3.63) is 76.0 Å². The third kappa shape index (κ3) is 3.41. The van der Waals surface area contributed by atoms with Gasteiger partial charge in [0, 0.05) is 23.6 Å². The molecule has 3 aromatic rings. The Balaban J connectivity index is 1.87. The van der Waals surface area contributed by atoms with Gasteiger partial charge in [-0.25, -0.2) is 0 Å². The highest BCUT2D eigenvalue weighted by Crippen LogP contribution is 2.26. The first-order chi connectivity index (χ1) is 11.6. The van der Waals surface area contributed by atoms with Crippen molar-refractivity contribution < 1.29 is 9.32 Å². The lowest BCUT2D eigenvalue weighted by atomic mass is 10.1. The second-order valence-electron chi connectivity index (χ2n) is 5.62. The summed E-state index contributed by atoms with van der Waals surface area (Å²) < 4.78 is 6.30. The fraction of sp³-hybridized carbons (Fsp3) is 0.158. The molecule has 0 bridgehead atoms. The molecule has 0 N–H and O–H groups in total. The number of carbonyl (C=O) groups is 1. The van der Waals surface area contributed by atoms with E-state index in [-0.39, 0.29) is 5.91 Å². The molecular formula is C19H17BrN2O2. The van der Waals surface area contributed by atoms with Gasteiger partial charge in [-0.05, 0) is 24.6 Å². The molecule has 24 heavy (non-hydrogen) atoms. The molecule has 1 heterocycles. The Kier molecular flexibility index (Phi) is 4.81. The number of aryl methyl sites for hydroxylation is 1. The van der Waals surface area contributed by atoms with Crippen molar-refractivity contribution in [1.29, 1.82) is 0 Å². The van der Waals surface area contributed by atoms with Crippen LogP contribution in [0.5, 0.6) is 0 Å². The maximum Gasteiger partial charge on any atom is 0.259 e. The molecule has 122 valence electrons. The minimum Gasteiger partial charge on any atom is -0.360 e. The quantitative estimate of drug-likeness (QED) is 0.655. The minimum atomic E-state index is -0.101. The molecule has 0 radical (unpaired) electrons. The van der Waals surface area contributed by atoms with Gasteiger partial charge in [-0.15, -0.1) is 0 Å². The highest BCUT2D eigenvalue weighted by atomic mass is 79.9. The maximum atomic E-state index is 12.9. The molecule has 3 rings (SSSR count). The van der Waals surface area contributed by atoms with E-state index in [1.165, 1.54) is 0 Å². The predicted octanol–water partition coefficient (Wildman–Crippen LogP) is 4.68. The van der Waals surface area contributed by atoms with E-state index in [2.05, 4.69) is 21.1 Å². The van der Waals surface area contributed by atoms with Crippen LogP contribution in [0.2, 0.25) is 0 Å². The monoisotopic (exact) mass is 384 g/mol. The molecule has 2 aromatic carbocycles. The van der Waals surface area contributed by atoms with Gasteiger partial charge in [0.1, 0.15) is 17.0 Å². The maximum absolute atomic E-state index is 12.9. The van der Waals surface area contributed by atoms with Crippen LogP contribution in [0.15, 0.2) is 63.6 Å². The Hall–Kier alpha value is -2.40. The molecule has 0 fully saturated rings. The van der Waals surface area contributed by atoms with E-state index in [1.54, 1.807) is 18.9 Å². The van der Waals surface area contributed by atoms with Gasteiger partial charge in [-0.1, -0.05) is 63.6 Å². The Morgan fingerprint density at radius 3 is 2.46 bits per heavy atom. The number of nitrogens with zero attached hydrogens (tertiary/aromatic N) is 2. The van der Waals surface area contributed by atoms with E-state index in [9.17, 15) is 4.79 Å². The number of rotatable bonds is 4. The van der Waals surface area contributed by atoms with Crippen molar-refractivity contribution >= 4 is 21.8 Å². The Morgan fingerprint density at radius 2 is 1.79 bits per heavy atom. The molecule has 4 nitrogen and oxygen atoms in total. The first kappa shape index (κ1) is 16.5. The number of carbonyl (C=O) groups excluding carboxylic acids is 1. The summed E-state index contributed by atoms with van der Waals surface area (Å²) in [7, 11) is 1.78. The molecule has 0 aliphatic heterocycles. The fourth-order valence-corrected chi connectivity index (χ4v) is 2.81. The van der Waals surface area contributed by atoms with Crippen molar-refractivity contribution in [2.45, 2.75) is 13.5 Å². The predicted molar refractivity (Wildman–Crippen MR) is 96.6 cm³/mol. The van der Waals surface area contributed by atoms with Crippen LogP contribution in [0.25, 0.3) is 11.3 Å². The zero-order valence-electron chi connectivity index (χ0n) is 13.5. The molecule has 5 heteroatoms. The molecule has 0 unspecified atom stereocenters. The average molecular weight is 385 g/mol. The largest absolute Gasteiger partial charge is 0.360 e. The van der Waals surface area contributed by atoms with Gasteiger partial charge in [0.25, 0.3) is 5.91 Å². The molecule has 1 aromatic heterocycles. The summed E-state index contributed by atoms with van der Waals surface area (Å²) >= 11 is 3.42. The smallest absolute Gasteiger partial charge is 0.259 e. The van der Waals surface area contributed by atoms with Gasteiger partial charge in [0.15, 0.2) is 0 Å². The van der Waals surface area contributed by atoms with Gasteiger partial charge >= 0.3 is 0 Å². The van der Waals surface area contributed by atoms with Gasteiger partial charge in [-0.2, -0.15) is 0 Å². The van der Waals surface area contributed by atoms with Crippen LogP contribution in [-0.4, -0.2) is 23.0 Å². The van der Waals surface area contributed by atoms with Gasteiger partial charge in [0.05, 0.1) is 0 Å². The standard InChI is InChI=1S/C19H17BrN2O2/c1-13-17(18(21-24-13)15-6-4-3-5-7-15)19(23)22(2)12-14-8-10-16(20)11-9-14/h3-11H,12H2,1-2H3. The summed E-state index contributed by atoms with van der Waals surface area (Å²) in [5, 5.41) is 4.08. The summed E-state index contributed by atoms with van der Waals surface area (Å²) in [5.41, 5.74) is 3.03. The van der Waals surface area contributed by atoms with Gasteiger partial charge < -0.3 is 9.42 Å². The van der Waals surface area contributed by atoms with Crippen LogP contribution < -0.4 is 0 Å². The zero-order chi connectivity index (χ0) is 17.1. The number of halogens is 1. The summed E-state index contributed by atoms with van der Waals surface area (Å²) in [5.74, 6) is 0.428. The molecular weight excluding hydrogens is 368 g/mol. The third-order valence-electron chi connectivity index (χ3n) is 3.80. The molecule has 0 aliphatic carbocycles. The van der Waals surface area contributed by atoms with Crippen LogP contribution in [0.3, 0.4) is 0 Å². The lowest BCUT2D eigenvalue weighted by Crippen LogP contribution is -2.26. The summed E-state index contributed by atoms with van der Waals surface area (Å²) in [6.45, 7) is 2.28. The molecule has 1 amide bonds. The van der Waals surface area contributed by atoms with Crippen LogP contribution in [0, 0.1) is 6.92 Å². The van der Waals surface area contributed by atoms with E-state index in [4.69, 9.17) is 4.52 Å². The Bertz CT molecular complexity index is 842. The van der Waals surface area contributed by atoms with Crippen molar-refractivity contribution in [3.8, 4) is 11.3 Å². The van der Waals surface area contributed by atoms with Crippen LogP contribution in [0.1, 0.15) is 21.7 Å². The van der Waals surface area contributed by atoms with Crippen molar-refractivity contribution in [2.75, 3.05) is 7.05 Å². The lowest BCUT2D eigenvalue weighted by molar-refractivity contribution is 0.0784. The summed E-state index contributed by atoms with van der Waals surface area (Å²) in [6.07, 6.45) is 0. The molecule has 0 aliphatic rings. The Morgan fingerprint density at radius 1 is 1.12 bits per heavy atom. The SMILES string of the molecule is Cc1onc(-c2ccccc2)c1C(=O)N(C)Cc1ccc(Br)cc1. The molecule has 0 saturated heterocycles. The van der Waals surface area contributed by atoms with Gasteiger partial charge in [0.2, 0.25) is 0 Å². The number of hydrogen-bond acceptors (Lipinski definition) is 3. The number of benzene rings is 2. The first-order valence-electron chi connectivity index (χ1n) is 7.58. The summed E-state index contributed by atoms with van der Waals surface area (Å²) in [4.78, 5) is 14.6. The highest BCUT2D eigenvalue weighted by Gasteiger charge is 2.24. The fourth-order valence-electron chi connectivity index (χ4n) is 2.54. The number of aromatic nitrogens is 1. The lowest BCUT2D eigenvalue weighted by Gasteiger charge is -2.17. The normalized spacial score (nSPS) is 10.6. The van der Waals surface area contributed by atoms with Crippen LogP contribution in [0.4, 0.5) is 0 Å². The van der Waals surface area contributed by atoms with E-state index >= 15 is 0 Å². The van der Waals surface area contributed by atoms with Crippen molar-refractivity contribution in [1.82, 2.24) is 10.1 Å². The zero-order valence-corrected chi connectivity index (χ0v) is 15.1. The number of hydrogen-bond donors (Lipinski definition) is 0. The van der Waals surface area contributed by atoms with E-state index in [0.29, 0.717) is 23.6 Å². The minimum absolute atomic E-state index is 0.101. The van der Waals surface area contributed by atoms with E-state index in [1.807, 2.05) is 54.6 Å². The van der Waals surface area contributed by atoms with Crippen molar-refractivity contribution in [2.24, 2.45) is 0 Å². The van der Waals surface area contributed by atoms with E-state index in [0.717, 1.165) is 15.6 Å².